The molecule has 2 aromatic heterocycles. The predicted octanol–water partition coefficient (Wildman–Crippen LogP) is 4.40. The lowest BCUT2D eigenvalue weighted by Crippen LogP contribution is -2.29. The molecule has 0 amide bonds. The van der Waals surface area contributed by atoms with Crippen LogP contribution in [-0.2, 0) is 12.4 Å². The Morgan fingerprint density at radius 1 is 1.25 bits per heavy atom. The van der Waals surface area contributed by atoms with Gasteiger partial charge in [-0.3, -0.25) is 0 Å². The summed E-state index contributed by atoms with van der Waals surface area (Å²) in [7, 11) is 0. The summed E-state index contributed by atoms with van der Waals surface area (Å²) in [4.78, 5) is 9.28. The highest BCUT2D eigenvalue weighted by atomic mass is 35.5. The fraction of sp³-hybridized carbons (Fsp3) is 0.600. The van der Waals surface area contributed by atoms with Gasteiger partial charge in [0.15, 0.2) is 5.65 Å². The summed E-state index contributed by atoms with van der Waals surface area (Å²) in [6, 6.07) is 4.03. The molecule has 3 nitrogen and oxygen atoms in total. The molecule has 0 aromatic carbocycles. The number of pyridine rings is 1. The van der Waals surface area contributed by atoms with Crippen molar-refractivity contribution in [1.82, 2.24) is 14.5 Å². The van der Waals surface area contributed by atoms with E-state index in [9.17, 15) is 0 Å². The van der Waals surface area contributed by atoms with Gasteiger partial charge in [-0.2, -0.15) is 11.8 Å². The highest BCUT2D eigenvalue weighted by Crippen LogP contribution is 2.34. The second-order valence-electron chi connectivity index (χ2n) is 5.14. The molecular formula is C15H22ClN3S. The topological polar surface area (TPSA) is 30.7 Å². The molecule has 0 radical (unpaired) electrons. The summed E-state index contributed by atoms with van der Waals surface area (Å²) in [6.45, 7) is 7.42. The second kappa shape index (κ2) is 6.35. The van der Waals surface area contributed by atoms with Crippen LogP contribution in [0, 0.1) is 6.92 Å². The van der Waals surface area contributed by atoms with Crippen molar-refractivity contribution >= 4 is 34.5 Å². The summed E-state index contributed by atoms with van der Waals surface area (Å²) in [5, 5.41) is 0. The number of hydrogen-bond acceptors (Lipinski definition) is 3. The Labute approximate surface area is 130 Å². The molecule has 0 saturated carbocycles. The summed E-state index contributed by atoms with van der Waals surface area (Å²) in [5.41, 5.74) is 2.91. The molecule has 0 atom stereocenters. The molecule has 5 heteroatoms. The van der Waals surface area contributed by atoms with Crippen LogP contribution in [0.15, 0.2) is 12.1 Å². The van der Waals surface area contributed by atoms with Crippen LogP contribution in [-0.4, -0.2) is 25.5 Å². The third kappa shape index (κ3) is 2.82. The minimum Gasteiger partial charge on any atom is -0.310 e. The first-order chi connectivity index (χ1) is 9.59. The van der Waals surface area contributed by atoms with E-state index >= 15 is 0 Å². The van der Waals surface area contributed by atoms with Gasteiger partial charge in [-0.05, 0) is 38.2 Å². The number of fused-ring (bicyclic) bond motifs is 1. The Morgan fingerprint density at radius 2 is 1.95 bits per heavy atom. The Hall–Kier alpha value is -0.740. The van der Waals surface area contributed by atoms with Crippen LogP contribution < -0.4 is 0 Å². The minimum absolute atomic E-state index is 0.222. The standard InChI is InChI=1S/C15H22ClN3S/c1-5-15(6-2,20-4)10-19-13(9-16)18-12-8-7-11(3)17-14(12)19/h7-8H,5-6,9-10H2,1-4H3. The molecule has 2 aromatic rings. The van der Waals surface area contributed by atoms with Crippen molar-refractivity contribution in [2.45, 2.75) is 50.8 Å². The number of halogens is 1. The van der Waals surface area contributed by atoms with Gasteiger partial charge >= 0.3 is 0 Å². The molecule has 0 unspecified atom stereocenters. The maximum atomic E-state index is 6.08. The molecule has 110 valence electrons. The van der Waals surface area contributed by atoms with Crippen molar-refractivity contribution in [3.8, 4) is 0 Å². The fourth-order valence-corrected chi connectivity index (χ4v) is 3.57. The largest absolute Gasteiger partial charge is 0.310 e. The zero-order chi connectivity index (χ0) is 14.8. The first-order valence-electron chi connectivity index (χ1n) is 7.03. The van der Waals surface area contributed by atoms with Gasteiger partial charge in [-0.15, -0.1) is 11.6 Å². The van der Waals surface area contributed by atoms with Crippen LogP contribution in [0.5, 0.6) is 0 Å². The van der Waals surface area contributed by atoms with E-state index in [1.807, 2.05) is 30.8 Å². The van der Waals surface area contributed by atoms with Gasteiger partial charge in [0.1, 0.15) is 11.3 Å². The molecule has 20 heavy (non-hydrogen) atoms. The molecule has 0 bridgehead atoms. The molecule has 0 aliphatic carbocycles. The van der Waals surface area contributed by atoms with E-state index < -0.39 is 0 Å². The van der Waals surface area contributed by atoms with Crippen molar-refractivity contribution in [2.24, 2.45) is 0 Å². The molecular weight excluding hydrogens is 290 g/mol. The molecule has 0 aliphatic rings. The number of aryl methyl sites for hydroxylation is 1. The van der Waals surface area contributed by atoms with Crippen molar-refractivity contribution in [1.29, 1.82) is 0 Å². The fourth-order valence-electron chi connectivity index (χ4n) is 2.53. The van der Waals surface area contributed by atoms with Crippen LogP contribution in [0.25, 0.3) is 11.2 Å². The van der Waals surface area contributed by atoms with E-state index in [2.05, 4.69) is 34.6 Å². The second-order valence-corrected chi connectivity index (χ2v) is 6.68. The van der Waals surface area contributed by atoms with Gasteiger partial charge in [0.2, 0.25) is 0 Å². The molecule has 0 N–H and O–H groups in total. The Balaban J connectivity index is 2.54. The zero-order valence-corrected chi connectivity index (χ0v) is 14.2. The third-order valence-electron chi connectivity index (χ3n) is 4.10. The number of rotatable bonds is 6. The van der Waals surface area contributed by atoms with Crippen molar-refractivity contribution in [3.63, 3.8) is 0 Å². The number of imidazole rings is 1. The van der Waals surface area contributed by atoms with Crippen molar-refractivity contribution < 1.29 is 0 Å². The van der Waals surface area contributed by atoms with E-state index in [-0.39, 0.29) is 4.75 Å². The lowest BCUT2D eigenvalue weighted by atomic mass is 10.0. The van der Waals surface area contributed by atoms with Crippen LogP contribution >= 0.6 is 23.4 Å². The number of thioether (sulfide) groups is 1. The number of alkyl halides is 1. The van der Waals surface area contributed by atoms with E-state index in [0.29, 0.717) is 5.88 Å². The lowest BCUT2D eigenvalue weighted by Gasteiger charge is -2.30. The predicted molar refractivity (Wildman–Crippen MR) is 88.7 cm³/mol. The third-order valence-corrected chi connectivity index (χ3v) is 5.91. The van der Waals surface area contributed by atoms with Crippen molar-refractivity contribution in [3.05, 3.63) is 23.7 Å². The maximum absolute atomic E-state index is 6.08. The first kappa shape index (κ1) is 15.6. The molecule has 0 aliphatic heterocycles. The van der Waals surface area contributed by atoms with Crippen LogP contribution in [0.4, 0.5) is 0 Å². The van der Waals surface area contributed by atoms with Gasteiger partial charge in [0.25, 0.3) is 0 Å². The highest BCUT2D eigenvalue weighted by molar-refractivity contribution is 8.00. The monoisotopic (exact) mass is 311 g/mol. The SMILES string of the molecule is CCC(CC)(Cn1c(CCl)nc2ccc(C)nc21)SC. The summed E-state index contributed by atoms with van der Waals surface area (Å²) < 4.78 is 2.43. The van der Waals surface area contributed by atoms with Crippen LogP contribution in [0.3, 0.4) is 0 Å². The average Bonchev–Trinajstić information content (AvgIpc) is 2.82. The number of hydrogen-bond donors (Lipinski definition) is 0. The Morgan fingerprint density at radius 3 is 2.50 bits per heavy atom. The lowest BCUT2D eigenvalue weighted by molar-refractivity contribution is 0.465. The average molecular weight is 312 g/mol. The zero-order valence-electron chi connectivity index (χ0n) is 12.6. The molecule has 2 heterocycles. The van der Waals surface area contributed by atoms with Gasteiger partial charge in [0.05, 0.1) is 5.88 Å². The molecule has 0 saturated heterocycles. The van der Waals surface area contributed by atoms with E-state index in [4.69, 9.17) is 11.6 Å². The van der Waals surface area contributed by atoms with Crippen LogP contribution in [0.2, 0.25) is 0 Å². The first-order valence-corrected chi connectivity index (χ1v) is 8.79. The summed E-state index contributed by atoms with van der Waals surface area (Å²) in [5.74, 6) is 1.34. The normalized spacial score (nSPS) is 12.2. The van der Waals surface area contributed by atoms with E-state index in [0.717, 1.165) is 42.1 Å². The molecule has 0 spiro atoms. The Kier molecular flexibility index (Phi) is 4.97. The summed E-state index contributed by atoms with van der Waals surface area (Å²) in [6.07, 6.45) is 4.43. The van der Waals surface area contributed by atoms with E-state index in [1.165, 1.54) is 0 Å². The number of aromatic nitrogens is 3. The van der Waals surface area contributed by atoms with Gasteiger partial charge < -0.3 is 4.57 Å². The smallest absolute Gasteiger partial charge is 0.160 e. The maximum Gasteiger partial charge on any atom is 0.160 e. The highest BCUT2D eigenvalue weighted by Gasteiger charge is 2.27. The van der Waals surface area contributed by atoms with Gasteiger partial charge in [0, 0.05) is 17.0 Å². The van der Waals surface area contributed by atoms with Gasteiger partial charge in [-0.25, -0.2) is 9.97 Å². The van der Waals surface area contributed by atoms with Gasteiger partial charge in [-0.1, -0.05) is 13.8 Å². The summed E-state index contributed by atoms with van der Waals surface area (Å²) >= 11 is 8.01. The molecule has 2 rings (SSSR count). The van der Waals surface area contributed by atoms with Crippen molar-refractivity contribution in [2.75, 3.05) is 6.26 Å². The molecule has 0 fully saturated rings. The van der Waals surface area contributed by atoms with Crippen LogP contribution in [0.1, 0.15) is 38.2 Å². The quantitative estimate of drug-likeness (QED) is 0.741. The Bertz CT molecular complexity index is 582. The minimum atomic E-state index is 0.222. The van der Waals surface area contributed by atoms with E-state index in [1.54, 1.807) is 0 Å². The number of nitrogens with zero attached hydrogens (tertiary/aromatic N) is 3.